The van der Waals surface area contributed by atoms with Crippen LogP contribution in [-0.2, 0) is 0 Å². The number of halogens is 2. The molecule has 4 nitrogen and oxygen atoms in total. The van der Waals surface area contributed by atoms with Gasteiger partial charge in [0.25, 0.3) is 0 Å². The summed E-state index contributed by atoms with van der Waals surface area (Å²) >= 11 is 6.97. The van der Waals surface area contributed by atoms with Crippen LogP contribution in [0.5, 0.6) is 0 Å². The Balaban J connectivity index is 1.96. The molecule has 2 rings (SSSR count). The first-order valence-corrected chi connectivity index (χ1v) is 7.94. The molecule has 1 aromatic rings. The van der Waals surface area contributed by atoms with Gasteiger partial charge in [-0.3, -0.25) is 4.90 Å². The van der Waals surface area contributed by atoms with Crippen molar-refractivity contribution in [1.29, 1.82) is 0 Å². The summed E-state index contributed by atoms with van der Waals surface area (Å²) in [6.07, 6.45) is 1.82. The number of aliphatic hydroxyl groups is 1. The molecular formula is C13H19Br2N3O. The summed E-state index contributed by atoms with van der Waals surface area (Å²) < 4.78 is 1.99. The molecule has 1 fully saturated rings. The highest BCUT2D eigenvalue weighted by atomic mass is 79.9. The largest absolute Gasteiger partial charge is 0.389 e. The van der Waals surface area contributed by atoms with E-state index in [1.807, 2.05) is 26.1 Å². The molecule has 1 aliphatic heterocycles. The fourth-order valence-electron chi connectivity index (χ4n) is 2.31. The van der Waals surface area contributed by atoms with Crippen molar-refractivity contribution in [2.24, 2.45) is 0 Å². The maximum Gasteiger partial charge on any atom is 0.143 e. The van der Waals surface area contributed by atoms with Crippen LogP contribution in [0.2, 0.25) is 0 Å². The van der Waals surface area contributed by atoms with Crippen LogP contribution >= 0.6 is 31.9 Å². The van der Waals surface area contributed by atoms with Gasteiger partial charge in [-0.25, -0.2) is 4.98 Å². The molecule has 0 aromatic carbocycles. The Morgan fingerprint density at radius 2 is 1.89 bits per heavy atom. The normalized spacial score (nSPS) is 17.8. The van der Waals surface area contributed by atoms with Crippen LogP contribution in [0.15, 0.2) is 21.2 Å². The number of hydrogen-bond donors (Lipinski definition) is 1. The highest BCUT2D eigenvalue weighted by molar-refractivity contribution is 9.11. The predicted molar refractivity (Wildman–Crippen MR) is 84.6 cm³/mol. The molecule has 0 aliphatic carbocycles. The van der Waals surface area contributed by atoms with E-state index in [9.17, 15) is 5.11 Å². The molecule has 0 bridgehead atoms. The minimum Gasteiger partial charge on any atom is -0.389 e. The number of β-amino-alcohol motifs (C(OH)–C–C–N with tert-alkyl or cyclic N) is 1. The lowest BCUT2D eigenvalue weighted by Crippen LogP contribution is -2.50. The number of pyridine rings is 1. The van der Waals surface area contributed by atoms with E-state index in [-0.39, 0.29) is 0 Å². The van der Waals surface area contributed by atoms with Gasteiger partial charge in [0.05, 0.1) is 10.1 Å². The second-order valence-corrected chi connectivity index (χ2v) is 7.30. The van der Waals surface area contributed by atoms with Crippen LogP contribution in [0.25, 0.3) is 0 Å². The van der Waals surface area contributed by atoms with Gasteiger partial charge in [-0.05, 0) is 51.8 Å². The zero-order valence-corrected chi connectivity index (χ0v) is 14.4. The number of anilines is 1. The number of nitrogens with zero attached hydrogens (tertiary/aromatic N) is 3. The van der Waals surface area contributed by atoms with E-state index in [0.29, 0.717) is 0 Å². The topological polar surface area (TPSA) is 39.6 Å². The van der Waals surface area contributed by atoms with Gasteiger partial charge in [0.1, 0.15) is 5.82 Å². The molecule has 1 saturated heterocycles. The van der Waals surface area contributed by atoms with Crippen LogP contribution in [0, 0.1) is 0 Å². The molecule has 1 N–H and O–H groups in total. The van der Waals surface area contributed by atoms with Gasteiger partial charge in [-0.15, -0.1) is 0 Å². The van der Waals surface area contributed by atoms with Gasteiger partial charge in [0.15, 0.2) is 0 Å². The van der Waals surface area contributed by atoms with Crippen molar-refractivity contribution in [3.05, 3.63) is 21.2 Å². The summed E-state index contributed by atoms with van der Waals surface area (Å²) in [4.78, 5) is 9.04. The molecule has 1 aliphatic rings. The van der Waals surface area contributed by atoms with Gasteiger partial charge in [0, 0.05) is 43.4 Å². The monoisotopic (exact) mass is 391 g/mol. The Bertz CT molecular complexity index is 440. The van der Waals surface area contributed by atoms with Crippen molar-refractivity contribution in [1.82, 2.24) is 9.88 Å². The molecule has 0 unspecified atom stereocenters. The molecule has 6 heteroatoms. The van der Waals surface area contributed by atoms with Crippen molar-refractivity contribution >= 4 is 37.7 Å². The van der Waals surface area contributed by atoms with E-state index in [1.165, 1.54) is 0 Å². The Labute approximate surface area is 131 Å². The zero-order valence-electron chi connectivity index (χ0n) is 11.2. The van der Waals surface area contributed by atoms with Crippen LogP contribution in [0.3, 0.4) is 0 Å². The van der Waals surface area contributed by atoms with E-state index in [1.54, 1.807) is 0 Å². The average Bonchev–Trinajstić information content (AvgIpc) is 2.28. The lowest BCUT2D eigenvalue weighted by molar-refractivity contribution is 0.0344. The van der Waals surface area contributed by atoms with Gasteiger partial charge >= 0.3 is 0 Å². The molecule has 0 radical (unpaired) electrons. The van der Waals surface area contributed by atoms with Crippen molar-refractivity contribution in [3.63, 3.8) is 0 Å². The highest BCUT2D eigenvalue weighted by Crippen LogP contribution is 2.27. The smallest absolute Gasteiger partial charge is 0.143 e. The van der Waals surface area contributed by atoms with Crippen LogP contribution in [0.1, 0.15) is 13.8 Å². The molecular weight excluding hydrogens is 374 g/mol. The maximum absolute atomic E-state index is 9.85. The third-order valence-electron chi connectivity index (χ3n) is 3.07. The summed E-state index contributed by atoms with van der Waals surface area (Å²) in [7, 11) is 0. The van der Waals surface area contributed by atoms with Gasteiger partial charge in [0.2, 0.25) is 0 Å². The van der Waals surface area contributed by atoms with E-state index >= 15 is 0 Å². The molecule has 0 atom stereocenters. The molecule has 0 spiro atoms. The summed E-state index contributed by atoms with van der Waals surface area (Å²) in [5, 5.41) is 9.85. The van der Waals surface area contributed by atoms with E-state index in [0.717, 1.165) is 47.5 Å². The molecule has 0 saturated carbocycles. The minimum atomic E-state index is -0.626. The third-order valence-corrected chi connectivity index (χ3v) is 4.09. The van der Waals surface area contributed by atoms with Crippen LogP contribution in [-0.4, -0.2) is 53.3 Å². The first kappa shape index (κ1) is 15.2. The van der Waals surface area contributed by atoms with Crippen LogP contribution < -0.4 is 4.90 Å². The standard InChI is InChI=1S/C13H19Br2N3O/c1-13(2,19)9-17-3-5-18(6-4-17)12-11(15)7-10(14)8-16-12/h7-8,19H,3-6,9H2,1-2H3. The Morgan fingerprint density at radius 1 is 1.26 bits per heavy atom. The van der Waals surface area contributed by atoms with Crippen molar-refractivity contribution in [2.75, 3.05) is 37.6 Å². The first-order chi connectivity index (χ1) is 8.85. The fraction of sp³-hybridized carbons (Fsp3) is 0.615. The van der Waals surface area contributed by atoms with Crippen molar-refractivity contribution < 1.29 is 5.11 Å². The quantitative estimate of drug-likeness (QED) is 0.857. The Morgan fingerprint density at radius 3 is 2.42 bits per heavy atom. The van der Waals surface area contributed by atoms with E-state index in [4.69, 9.17) is 0 Å². The molecule has 106 valence electrons. The average molecular weight is 393 g/mol. The molecule has 19 heavy (non-hydrogen) atoms. The number of piperazine rings is 1. The minimum absolute atomic E-state index is 0.626. The molecule has 2 heterocycles. The Hall–Kier alpha value is -0.170. The van der Waals surface area contributed by atoms with E-state index in [2.05, 4.69) is 46.6 Å². The summed E-state index contributed by atoms with van der Waals surface area (Å²) in [6.45, 7) is 8.20. The summed E-state index contributed by atoms with van der Waals surface area (Å²) in [5.74, 6) is 0.992. The lowest BCUT2D eigenvalue weighted by Gasteiger charge is -2.38. The van der Waals surface area contributed by atoms with Crippen LogP contribution in [0.4, 0.5) is 5.82 Å². The summed E-state index contributed by atoms with van der Waals surface area (Å²) in [6, 6.07) is 2.02. The fourth-order valence-corrected chi connectivity index (χ4v) is 3.54. The van der Waals surface area contributed by atoms with Gasteiger partial charge in [-0.1, -0.05) is 0 Å². The molecule has 1 aromatic heterocycles. The molecule has 0 amide bonds. The first-order valence-electron chi connectivity index (χ1n) is 6.36. The van der Waals surface area contributed by atoms with Gasteiger partial charge in [-0.2, -0.15) is 0 Å². The number of rotatable bonds is 3. The SMILES string of the molecule is CC(C)(O)CN1CCN(c2ncc(Br)cc2Br)CC1. The summed E-state index contributed by atoms with van der Waals surface area (Å²) in [5.41, 5.74) is -0.626. The maximum atomic E-state index is 9.85. The second kappa shape index (κ2) is 6.08. The zero-order chi connectivity index (χ0) is 14.0. The Kier molecular flexibility index (Phi) is 4.87. The van der Waals surface area contributed by atoms with Crippen molar-refractivity contribution in [2.45, 2.75) is 19.4 Å². The number of aromatic nitrogens is 1. The second-order valence-electron chi connectivity index (χ2n) is 5.53. The van der Waals surface area contributed by atoms with Crippen molar-refractivity contribution in [3.8, 4) is 0 Å². The number of hydrogen-bond acceptors (Lipinski definition) is 4. The third kappa shape index (κ3) is 4.41. The predicted octanol–water partition coefficient (Wildman–Crippen LogP) is 2.50. The van der Waals surface area contributed by atoms with Gasteiger partial charge < -0.3 is 10.0 Å². The van der Waals surface area contributed by atoms with E-state index < -0.39 is 5.60 Å². The highest BCUT2D eigenvalue weighted by Gasteiger charge is 2.24. The lowest BCUT2D eigenvalue weighted by atomic mass is 10.1.